The van der Waals surface area contributed by atoms with E-state index in [0.29, 0.717) is 13.2 Å². The molecule has 1 heterocycles. The van der Waals surface area contributed by atoms with Gasteiger partial charge in [0.2, 0.25) is 10.0 Å². The largest absolute Gasteiger partial charge is 0.378 e. The van der Waals surface area contributed by atoms with Crippen molar-refractivity contribution in [3.05, 3.63) is 11.1 Å². The molecule has 58 valence electrons. The van der Waals surface area contributed by atoms with Crippen LogP contribution in [-0.2, 0) is 10.0 Å². The molecule has 10 heavy (non-hydrogen) atoms. The van der Waals surface area contributed by atoms with E-state index >= 15 is 0 Å². The average Bonchev–Trinajstić information content (AvgIpc) is 1.88. The molecule has 0 spiro atoms. The van der Waals surface area contributed by atoms with Gasteiger partial charge in [0.1, 0.15) is 0 Å². The first-order valence-corrected chi connectivity index (χ1v) is 4.31. The molecule has 0 aromatic rings. The molecule has 1 aliphatic rings. The van der Waals surface area contributed by atoms with Crippen molar-refractivity contribution in [1.82, 2.24) is 10.6 Å². The lowest BCUT2D eigenvalue weighted by molar-refractivity contribution is 0.593. The molecule has 4 N–H and O–H groups in total. The van der Waals surface area contributed by atoms with Gasteiger partial charge < -0.3 is 5.32 Å². The van der Waals surface area contributed by atoms with Crippen LogP contribution in [0.1, 0.15) is 0 Å². The minimum atomic E-state index is -3.49. The zero-order valence-electron chi connectivity index (χ0n) is 5.29. The van der Waals surface area contributed by atoms with E-state index in [1.807, 2.05) is 0 Å². The highest BCUT2D eigenvalue weighted by Gasteiger charge is 2.12. The Balaban J connectivity index is 2.82. The topological polar surface area (TPSA) is 84.2 Å². The Bertz CT molecular complexity index is 243. The van der Waals surface area contributed by atoms with Crippen molar-refractivity contribution in [3.63, 3.8) is 0 Å². The third-order valence-corrected chi connectivity index (χ3v) is 2.15. The van der Waals surface area contributed by atoms with Crippen molar-refractivity contribution < 1.29 is 8.42 Å². The molecule has 0 amide bonds. The van der Waals surface area contributed by atoms with Crippen molar-refractivity contribution in [1.29, 1.82) is 0 Å². The number of hydrogen-bond acceptors (Lipinski definition) is 4. The van der Waals surface area contributed by atoms with Crippen molar-refractivity contribution in [2.45, 2.75) is 0 Å². The van der Waals surface area contributed by atoms with Crippen LogP contribution in [0.5, 0.6) is 0 Å². The quantitative estimate of drug-likeness (QED) is 0.429. The highest BCUT2D eigenvalue weighted by molar-refractivity contribution is 7.93. The predicted molar refractivity (Wildman–Crippen MR) is 37.2 cm³/mol. The maximum atomic E-state index is 10.6. The van der Waals surface area contributed by atoms with Gasteiger partial charge in [0.05, 0.1) is 11.6 Å². The molecule has 0 fully saturated rings. The van der Waals surface area contributed by atoms with E-state index in [4.69, 9.17) is 5.14 Å². The fraction of sp³-hybridized carbons (Fsp3) is 0.500. The standard InChI is InChI=1S/C4H9N3O2S/c5-10(8,9)4-1-6-3-7-2-4/h1,6-7H,2-3H2,(H2,5,8,9). The van der Waals surface area contributed by atoms with Gasteiger partial charge in [-0.1, -0.05) is 0 Å². The molecule has 1 aliphatic heterocycles. The van der Waals surface area contributed by atoms with Gasteiger partial charge in [-0.05, 0) is 0 Å². The number of sulfonamides is 1. The van der Waals surface area contributed by atoms with Crippen LogP contribution in [0.15, 0.2) is 11.1 Å². The summed E-state index contributed by atoms with van der Waals surface area (Å²) in [6.45, 7) is 0.894. The number of nitrogens with two attached hydrogens (primary N) is 1. The molecule has 0 aromatic carbocycles. The molecule has 0 bridgehead atoms. The summed E-state index contributed by atoms with van der Waals surface area (Å²) in [6, 6.07) is 0. The highest BCUT2D eigenvalue weighted by Crippen LogP contribution is 1.99. The van der Waals surface area contributed by atoms with Gasteiger partial charge in [-0.25, -0.2) is 13.6 Å². The van der Waals surface area contributed by atoms with Crippen LogP contribution in [0.3, 0.4) is 0 Å². The Kier molecular flexibility index (Phi) is 1.93. The number of hydrogen-bond donors (Lipinski definition) is 3. The van der Waals surface area contributed by atoms with E-state index < -0.39 is 10.0 Å². The third kappa shape index (κ3) is 1.69. The van der Waals surface area contributed by atoms with Crippen LogP contribution < -0.4 is 15.8 Å². The Hall–Kier alpha value is -0.590. The smallest absolute Gasteiger partial charge is 0.236 e. The number of nitrogens with one attached hydrogen (secondary N) is 2. The first kappa shape index (κ1) is 7.52. The van der Waals surface area contributed by atoms with Gasteiger partial charge in [0.15, 0.2) is 0 Å². The van der Waals surface area contributed by atoms with E-state index in [2.05, 4.69) is 10.6 Å². The van der Waals surface area contributed by atoms with Crippen LogP contribution in [0, 0.1) is 0 Å². The van der Waals surface area contributed by atoms with Gasteiger partial charge in [-0.2, -0.15) is 0 Å². The average molecular weight is 163 g/mol. The molecular weight excluding hydrogens is 154 g/mol. The monoisotopic (exact) mass is 163 g/mol. The first-order valence-electron chi connectivity index (χ1n) is 2.76. The van der Waals surface area contributed by atoms with Gasteiger partial charge in [-0.15, -0.1) is 0 Å². The number of primary sulfonamides is 1. The van der Waals surface area contributed by atoms with E-state index in [9.17, 15) is 8.42 Å². The Morgan fingerprint density at radius 2 is 2.30 bits per heavy atom. The summed E-state index contributed by atoms with van der Waals surface area (Å²) in [5.74, 6) is 0. The minimum absolute atomic E-state index is 0.193. The number of rotatable bonds is 1. The second-order valence-corrected chi connectivity index (χ2v) is 3.58. The highest BCUT2D eigenvalue weighted by atomic mass is 32.2. The molecule has 0 aliphatic carbocycles. The molecule has 0 radical (unpaired) electrons. The SMILES string of the molecule is NS(=O)(=O)C1=CNCNC1. The van der Waals surface area contributed by atoms with Crippen LogP contribution in [0.2, 0.25) is 0 Å². The second kappa shape index (κ2) is 2.57. The summed E-state index contributed by atoms with van der Waals surface area (Å²) in [4.78, 5) is 0.193. The Morgan fingerprint density at radius 3 is 2.60 bits per heavy atom. The lowest BCUT2D eigenvalue weighted by Crippen LogP contribution is -2.36. The molecule has 0 saturated carbocycles. The lowest BCUT2D eigenvalue weighted by Gasteiger charge is -2.13. The normalized spacial score (nSPS) is 19.5. The molecule has 0 saturated heterocycles. The third-order valence-electron chi connectivity index (χ3n) is 1.15. The van der Waals surface area contributed by atoms with Gasteiger partial charge in [-0.3, -0.25) is 5.32 Å². The zero-order valence-corrected chi connectivity index (χ0v) is 6.11. The summed E-state index contributed by atoms with van der Waals surface area (Å²) in [5, 5.41) is 10.3. The van der Waals surface area contributed by atoms with Gasteiger partial charge in [0.25, 0.3) is 0 Å². The summed E-state index contributed by atoms with van der Waals surface area (Å²) in [6.07, 6.45) is 1.41. The predicted octanol–water partition coefficient (Wildman–Crippen LogP) is -1.73. The summed E-state index contributed by atoms with van der Waals surface area (Å²) in [5.41, 5.74) is 0. The summed E-state index contributed by atoms with van der Waals surface area (Å²) < 4.78 is 21.2. The molecule has 6 heteroatoms. The molecular formula is C4H9N3O2S. The van der Waals surface area contributed by atoms with Crippen LogP contribution in [0.25, 0.3) is 0 Å². The molecule has 0 atom stereocenters. The Morgan fingerprint density at radius 1 is 1.60 bits per heavy atom. The second-order valence-electron chi connectivity index (χ2n) is 1.96. The van der Waals surface area contributed by atoms with Crippen LogP contribution in [-0.4, -0.2) is 21.6 Å². The van der Waals surface area contributed by atoms with Crippen LogP contribution in [0.4, 0.5) is 0 Å². The Labute approximate surface area is 59.3 Å². The summed E-state index contributed by atoms with van der Waals surface area (Å²) >= 11 is 0. The fourth-order valence-corrected chi connectivity index (χ4v) is 1.21. The maximum Gasteiger partial charge on any atom is 0.236 e. The molecule has 1 rings (SSSR count). The van der Waals surface area contributed by atoms with Crippen molar-refractivity contribution in [2.24, 2.45) is 5.14 Å². The maximum absolute atomic E-state index is 10.6. The first-order chi connectivity index (χ1) is 4.61. The minimum Gasteiger partial charge on any atom is -0.378 e. The fourth-order valence-electron chi connectivity index (χ4n) is 0.656. The van der Waals surface area contributed by atoms with E-state index in [1.165, 1.54) is 6.20 Å². The van der Waals surface area contributed by atoms with Gasteiger partial charge in [0, 0.05) is 12.7 Å². The summed E-state index contributed by atoms with van der Waals surface area (Å²) in [7, 11) is -3.49. The van der Waals surface area contributed by atoms with Crippen molar-refractivity contribution in [3.8, 4) is 0 Å². The molecule has 5 nitrogen and oxygen atoms in total. The zero-order chi connectivity index (χ0) is 7.61. The van der Waals surface area contributed by atoms with Crippen molar-refractivity contribution in [2.75, 3.05) is 13.2 Å². The van der Waals surface area contributed by atoms with Gasteiger partial charge >= 0.3 is 0 Å². The van der Waals surface area contributed by atoms with Crippen molar-refractivity contribution >= 4 is 10.0 Å². The molecule has 0 aromatic heterocycles. The van der Waals surface area contributed by atoms with Crippen LogP contribution >= 0.6 is 0 Å². The van der Waals surface area contributed by atoms with E-state index in [-0.39, 0.29) is 4.91 Å². The van der Waals surface area contributed by atoms with E-state index in [0.717, 1.165) is 0 Å². The lowest BCUT2D eigenvalue weighted by atomic mass is 10.5. The molecule has 0 unspecified atom stereocenters. The van der Waals surface area contributed by atoms with E-state index in [1.54, 1.807) is 0 Å².